The van der Waals surface area contributed by atoms with Gasteiger partial charge < -0.3 is 9.64 Å². The molecule has 0 aliphatic carbocycles. The molecule has 1 aromatic carbocycles. The van der Waals surface area contributed by atoms with Crippen molar-refractivity contribution in [1.29, 1.82) is 0 Å². The molecule has 126 valence electrons. The highest BCUT2D eigenvalue weighted by Gasteiger charge is 2.30. The largest absolute Gasteiger partial charge is 0.469 e. The molecule has 2 aliphatic heterocycles. The molecule has 23 heavy (non-hydrogen) atoms. The van der Waals surface area contributed by atoms with Crippen LogP contribution < -0.4 is 0 Å². The highest BCUT2D eigenvalue weighted by molar-refractivity contribution is 7.89. The third-order valence-electron chi connectivity index (χ3n) is 4.00. The van der Waals surface area contributed by atoms with Gasteiger partial charge in [0.1, 0.15) is 6.61 Å². The zero-order valence-corrected chi connectivity index (χ0v) is 14.9. The maximum absolute atomic E-state index is 12.6. The molecular weight excluding hydrogens is 358 g/mol. The Labute approximate surface area is 146 Å². The second kappa shape index (κ2) is 6.90. The van der Waals surface area contributed by atoms with E-state index in [0.29, 0.717) is 49.7 Å². The Kier molecular flexibility index (Phi) is 5.07. The monoisotopic (exact) mass is 375 g/mol. The first-order valence-corrected chi connectivity index (χ1v) is 9.59. The first-order valence-electron chi connectivity index (χ1n) is 7.36. The van der Waals surface area contributed by atoms with Crippen LogP contribution in [0.2, 0.25) is 5.02 Å². The molecule has 0 bridgehead atoms. The predicted molar refractivity (Wildman–Crippen MR) is 91.9 cm³/mol. The first kappa shape index (κ1) is 16.9. The van der Waals surface area contributed by atoms with Crippen LogP contribution in [0.4, 0.5) is 0 Å². The molecule has 0 saturated carbocycles. The number of halogens is 1. The van der Waals surface area contributed by atoms with Gasteiger partial charge in [0, 0.05) is 31.2 Å². The second-order valence-electron chi connectivity index (χ2n) is 5.50. The molecule has 0 spiro atoms. The summed E-state index contributed by atoms with van der Waals surface area (Å²) in [6, 6.07) is 6.28. The molecule has 0 N–H and O–H groups in total. The minimum atomic E-state index is -3.46. The molecule has 0 unspecified atom stereocenters. The highest BCUT2D eigenvalue weighted by Crippen LogP contribution is 2.20. The van der Waals surface area contributed by atoms with E-state index in [1.807, 2.05) is 4.90 Å². The Morgan fingerprint density at radius 3 is 2.30 bits per heavy atom. The van der Waals surface area contributed by atoms with E-state index < -0.39 is 10.0 Å². The number of rotatable bonds is 4. The Morgan fingerprint density at radius 2 is 1.74 bits per heavy atom. The smallest absolute Gasteiger partial charge is 0.260 e. The molecule has 0 radical (unpaired) electrons. The maximum Gasteiger partial charge on any atom is 0.260 e. The lowest BCUT2D eigenvalue weighted by Crippen LogP contribution is -2.51. The number of benzene rings is 1. The molecule has 6 nitrogen and oxygen atoms in total. The van der Waals surface area contributed by atoms with Crippen LogP contribution in [-0.4, -0.2) is 73.7 Å². The van der Waals surface area contributed by atoms with Crippen LogP contribution >= 0.6 is 23.8 Å². The van der Waals surface area contributed by atoms with E-state index in [4.69, 9.17) is 28.6 Å². The Bertz CT molecular complexity index is 673. The van der Waals surface area contributed by atoms with Crippen molar-refractivity contribution in [3.8, 4) is 0 Å². The number of sulfonamides is 1. The van der Waals surface area contributed by atoms with Crippen molar-refractivity contribution in [2.45, 2.75) is 4.90 Å². The van der Waals surface area contributed by atoms with Crippen molar-refractivity contribution in [2.75, 3.05) is 46.0 Å². The van der Waals surface area contributed by atoms with Gasteiger partial charge >= 0.3 is 0 Å². The third kappa shape index (κ3) is 3.77. The quantitative estimate of drug-likeness (QED) is 0.738. The molecule has 1 aromatic rings. The zero-order chi connectivity index (χ0) is 16.4. The van der Waals surface area contributed by atoms with Crippen LogP contribution in [0, 0.1) is 0 Å². The fourth-order valence-electron chi connectivity index (χ4n) is 2.66. The van der Waals surface area contributed by atoms with E-state index in [0.717, 1.165) is 6.54 Å². The number of ether oxygens (including phenoxy) is 1. The van der Waals surface area contributed by atoms with E-state index >= 15 is 0 Å². The summed E-state index contributed by atoms with van der Waals surface area (Å²) in [6.45, 7) is 4.39. The van der Waals surface area contributed by atoms with Crippen LogP contribution in [-0.2, 0) is 14.8 Å². The van der Waals surface area contributed by atoms with Crippen molar-refractivity contribution in [1.82, 2.24) is 14.1 Å². The average Bonchev–Trinajstić information content (AvgIpc) is 2.93. The zero-order valence-electron chi connectivity index (χ0n) is 12.5. The van der Waals surface area contributed by atoms with Gasteiger partial charge in [-0.3, -0.25) is 4.90 Å². The molecular formula is C14H18ClN3O3S2. The molecule has 2 aliphatic rings. The molecule has 2 fully saturated rings. The average molecular weight is 376 g/mol. The van der Waals surface area contributed by atoms with E-state index in [-0.39, 0.29) is 4.90 Å². The van der Waals surface area contributed by atoms with Gasteiger partial charge in [0.05, 0.1) is 18.1 Å². The fraction of sp³-hybridized carbons (Fsp3) is 0.500. The molecule has 0 amide bonds. The predicted octanol–water partition coefficient (Wildman–Crippen LogP) is 1.22. The van der Waals surface area contributed by atoms with Gasteiger partial charge in [-0.1, -0.05) is 11.6 Å². The summed E-state index contributed by atoms with van der Waals surface area (Å²) in [5.74, 6) is 0. The number of hydrogen-bond donors (Lipinski definition) is 0. The van der Waals surface area contributed by atoms with Crippen molar-refractivity contribution in [2.24, 2.45) is 0 Å². The van der Waals surface area contributed by atoms with Crippen molar-refractivity contribution < 1.29 is 13.2 Å². The lowest BCUT2D eigenvalue weighted by molar-refractivity contribution is 0.142. The minimum Gasteiger partial charge on any atom is -0.469 e. The van der Waals surface area contributed by atoms with E-state index in [9.17, 15) is 8.42 Å². The van der Waals surface area contributed by atoms with Crippen molar-refractivity contribution in [3.05, 3.63) is 29.3 Å². The summed E-state index contributed by atoms with van der Waals surface area (Å²) in [4.78, 5) is 4.47. The van der Waals surface area contributed by atoms with Crippen LogP contribution in [0.5, 0.6) is 0 Å². The molecule has 3 rings (SSSR count). The summed E-state index contributed by atoms with van der Waals surface area (Å²) < 4.78 is 32.0. The van der Waals surface area contributed by atoms with E-state index in [1.54, 1.807) is 24.3 Å². The fourth-order valence-corrected chi connectivity index (χ4v) is 4.44. The van der Waals surface area contributed by atoms with E-state index in [2.05, 4.69) is 4.90 Å². The standard InChI is InChI=1S/C14H18ClN3O3S2/c15-12-1-3-13(4-2-12)23(19,20)18-7-5-16(6-8-18)11-17-9-10-21-14(17)22/h1-4H,5-11H2. The first-order chi connectivity index (χ1) is 11.0. The highest BCUT2D eigenvalue weighted by atomic mass is 35.5. The number of hydrogen-bond acceptors (Lipinski definition) is 5. The maximum atomic E-state index is 12.6. The number of thiocarbonyl (C=S) groups is 1. The molecule has 2 saturated heterocycles. The third-order valence-corrected chi connectivity index (χ3v) is 6.54. The normalized spacial score (nSPS) is 20.7. The summed E-state index contributed by atoms with van der Waals surface area (Å²) in [5.41, 5.74) is 0. The van der Waals surface area contributed by atoms with Crippen molar-refractivity contribution in [3.63, 3.8) is 0 Å². The summed E-state index contributed by atoms with van der Waals surface area (Å²) >= 11 is 10.9. The molecule has 0 atom stereocenters. The summed E-state index contributed by atoms with van der Waals surface area (Å²) in [6.07, 6.45) is 0. The van der Waals surface area contributed by atoms with Gasteiger partial charge in [0.2, 0.25) is 10.0 Å². The van der Waals surface area contributed by atoms with Gasteiger partial charge in [0.15, 0.2) is 0 Å². The van der Waals surface area contributed by atoms with Gasteiger partial charge in [0.25, 0.3) is 5.17 Å². The molecule has 9 heteroatoms. The Balaban J connectivity index is 1.59. The lowest BCUT2D eigenvalue weighted by Gasteiger charge is -2.35. The number of nitrogens with zero attached hydrogens (tertiary/aromatic N) is 3. The van der Waals surface area contributed by atoms with Crippen LogP contribution in [0.15, 0.2) is 29.2 Å². The van der Waals surface area contributed by atoms with Crippen molar-refractivity contribution >= 4 is 39.0 Å². The SMILES string of the molecule is O=S(=O)(c1ccc(Cl)cc1)N1CCN(CN2CCOC2=S)CC1. The second-order valence-corrected chi connectivity index (χ2v) is 8.22. The lowest BCUT2D eigenvalue weighted by atomic mass is 10.4. The van der Waals surface area contributed by atoms with Crippen LogP contribution in [0.3, 0.4) is 0 Å². The summed E-state index contributed by atoms with van der Waals surface area (Å²) in [5, 5.41) is 1.05. The van der Waals surface area contributed by atoms with E-state index in [1.165, 1.54) is 4.31 Å². The van der Waals surface area contributed by atoms with Gasteiger partial charge in [-0.05, 0) is 36.5 Å². The summed E-state index contributed by atoms with van der Waals surface area (Å²) in [7, 11) is -3.46. The topological polar surface area (TPSA) is 53.1 Å². The Hall–Kier alpha value is -0.930. The molecule has 2 heterocycles. The van der Waals surface area contributed by atoms with Crippen LogP contribution in [0.1, 0.15) is 0 Å². The number of piperazine rings is 1. The Morgan fingerprint density at radius 1 is 1.09 bits per heavy atom. The van der Waals surface area contributed by atoms with Gasteiger partial charge in [-0.25, -0.2) is 8.42 Å². The van der Waals surface area contributed by atoms with Crippen LogP contribution in [0.25, 0.3) is 0 Å². The van der Waals surface area contributed by atoms with Gasteiger partial charge in [-0.15, -0.1) is 0 Å². The molecule has 0 aromatic heterocycles. The van der Waals surface area contributed by atoms with Gasteiger partial charge in [-0.2, -0.15) is 4.31 Å². The minimum absolute atomic E-state index is 0.282.